The van der Waals surface area contributed by atoms with Gasteiger partial charge >= 0.3 is 0 Å². The summed E-state index contributed by atoms with van der Waals surface area (Å²) in [7, 11) is 0. The highest BCUT2D eigenvalue weighted by Gasteiger charge is 1.96. The highest BCUT2D eigenvalue weighted by atomic mass is 127. The number of nitrogens with zero attached hydrogens (tertiary/aromatic N) is 2. The maximum atomic E-state index is 5.95. The van der Waals surface area contributed by atoms with Gasteiger partial charge in [-0.15, -0.1) is 24.0 Å². The lowest BCUT2D eigenvalue weighted by Crippen LogP contribution is -2.34. The van der Waals surface area contributed by atoms with Crippen molar-refractivity contribution < 1.29 is 0 Å². The van der Waals surface area contributed by atoms with E-state index in [4.69, 9.17) is 23.2 Å². The molecule has 0 aromatic heterocycles. The lowest BCUT2D eigenvalue weighted by molar-refractivity contribution is 0.861. The number of hydrazone groups is 1. The average molecular weight is 543 g/mol. The first-order valence-corrected chi connectivity index (χ1v) is 9.85. The molecule has 0 amide bonds. The molecular formula is C22H25Cl2IN4. The van der Waals surface area contributed by atoms with Crippen LogP contribution >= 0.6 is 47.2 Å². The third kappa shape index (κ3) is 9.96. The van der Waals surface area contributed by atoms with Crippen LogP contribution in [-0.4, -0.2) is 24.8 Å². The van der Waals surface area contributed by atoms with Crippen LogP contribution in [0.25, 0.3) is 12.2 Å². The number of benzene rings is 2. The quantitative estimate of drug-likeness (QED) is 0.187. The lowest BCUT2D eigenvalue weighted by Gasteiger charge is -2.07. The Labute approximate surface area is 199 Å². The smallest absolute Gasteiger partial charge is 0.212 e. The largest absolute Gasteiger partial charge is 0.355 e. The lowest BCUT2D eigenvalue weighted by atomic mass is 10.1. The van der Waals surface area contributed by atoms with Crippen molar-refractivity contribution in [3.05, 3.63) is 81.9 Å². The highest BCUT2D eigenvalue weighted by Crippen LogP contribution is 2.12. The predicted molar refractivity (Wildman–Crippen MR) is 139 cm³/mol. The third-order valence-electron chi connectivity index (χ3n) is 3.58. The van der Waals surface area contributed by atoms with Crippen LogP contribution in [0.4, 0.5) is 0 Å². The van der Waals surface area contributed by atoms with E-state index in [1.807, 2.05) is 86.7 Å². The number of guanidine groups is 1. The molecule has 0 saturated heterocycles. The van der Waals surface area contributed by atoms with E-state index in [0.717, 1.165) is 23.4 Å². The molecule has 0 aliphatic rings. The summed E-state index contributed by atoms with van der Waals surface area (Å²) in [5.74, 6) is 0.641. The fraction of sp³-hybridized carbons (Fsp3) is 0.182. The van der Waals surface area contributed by atoms with Gasteiger partial charge in [-0.2, -0.15) is 5.10 Å². The van der Waals surface area contributed by atoms with E-state index >= 15 is 0 Å². The molecule has 0 heterocycles. The Morgan fingerprint density at radius 3 is 1.76 bits per heavy atom. The average Bonchev–Trinajstić information content (AvgIpc) is 2.70. The molecule has 0 spiro atoms. The molecule has 0 aliphatic carbocycles. The molecule has 0 aliphatic heterocycles. The minimum absolute atomic E-state index is 0. The van der Waals surface area contributed by atoms with Crippen LogP contribution in [0.1, 0.15) is 25.0 Å². The maximum absolute atomic E-state index is 5.95. The van der Waals surface area contributed by atoms with Crippen molar-refractivity contribution in [1.29, 1.82) is 0 Å². The summed E-state index contributed by atoms with van der Waals surface area (Å²) in [5.41, 5.74) is 5.80. The molecular weight excluding hydrogens is 518 g/mol. The molecule has 4 nitrogen and oxygen atoms in total. The van der Waals surface area contributed by atoms with Crippen molar-refractivity contribution >= 4 is 71.0 Å². The SMILES string of the molecule is CCN=C(NCC)NN=C(C=Cc1ccc(Cl)cc1)C=Cc1ccc(Cl)cc1.I. The van der Waals surface area contributed by atoms with Crippen molar-refractivity contribution in [3.8, 4) is 0 Å². The standard InChI is InChI=1S/C22H24Cl2N4.HI/c1-3-25-22(26-4-2)28-27-21(15-9-17-5-11-19(23)12-6-17)16-10-18-7-13-20(24)14-8-18;/h5-16H,3-4H2,1-2H3,(H2,25,26,28);1H. The van der Waals surface area contributed by atoms with E-state index in [1.54, 1.807) is 0 Å². The first kappa shape index (κ1) is 25.2. The van der Waals surface area contributed by atoms with Crippen LogP contribution in [0.5, 0.6) is 0 Å². The Morgan fingerprint density at radius 1 is 0.862 bits per heavy atom. The maximum Gasteiger partial charge on any atom is 0.212 e. The number of aliphatic imine (C=N–C) groups is 1. The van der Waals surface area contributed by atoms with E-state index in [2.05, 4.69) is 20.8 Å². The van der Waals surface area contributed by atoms with Gasteiger partial charge in [0.1, 0.15) is 0 Å². The molecule has 2 aromatic carbocycles. The normalized spacial score (nSPS) is 11.4. The Bertz CT molecular complexity index is 800. The number of halogens is 3. The van der Waals surface area contributed by atoms with Crippen molar-refractivity contribution in [3.63, 3.8) is 0 Å². The van der Waals surface area contributed by atoms with Gasteiger partial charge in [0, 0.05) is 23.1 Å². The summed E-state index contributed by atoms with van der Waals surface area (Å²) in [4.78, 5) is 4.35. The highest BCUT2D eigenvalue weighted by molar-refractivity contribution is 14.0. The monoisotopic (exact) mass is 542 g/mol. The summed E-state index contributed by atoms with van der Waals surface area (Å²) in [5, 5.41) is 9.05. The van der Waals surface area contributed by atoms with Gasteiger partial charge in [0.25, 0.3) is 0 Å². The van der Waals surface area contributed by atoms with E-state index in [9.17, 15) is 0 Å². The second-order valence-electron chi connectivity index (χ2n) is 5.77. The van der Waals surface area contributed by atoms with Crippen LogP contribution in [0.15, 0.2) is 70.8 Å². The van der Waals surface area contributed by atoms with Crippen LogP contribution in [0.3, 0.4) is 0 Å². The van der Waals surface area contributed by atoms with E-state index in [1.165, 1.54) is 0 Å². The topological polar surface area (TPSA) is 48.8 Å². The minimum atomic E-state index is 0. The number of nitrogens with one attached hydrogen (secondary N) is 2. The molecule has 0 saturated carbocycles. The summed E-state index contributed by atoms with van der Waals surface area (Å²) < 4.78 is 0. The molecule has 0 fully saturated rings. The molecule has 0 radical (unpaired) electrons. The number of hydrogen-bond donors (Lipinski definition) is 2. The zero-order valence-corrected chi connectivity index (χ0v) is 20.2. The minimum Gasteiger partial charge on any atom is -0.355 e. The zero-order valence-electron chi connectivity index (χ0n) is 16.4. The van der Waals surface area contributed by atoms with Crippen molar-refractivity contribution in [1.82, 2.24) is 10.7 Å². The summed E-state index contributed by atoms with van der Waals surface area (Å²) in [6, 6.07) is 15.2. The van der Waals surface area contributed by atoms with Gasteiger partial charge < -0.3 is 5.32 Å². The summed E-state index contributed by atoms with van der Waals surface area (Å²) >= 11 is 11.9. The van der Waals surface area contributed by atoms with Crippen LogP contribution in [0.2, 0.25) is 10.0 Å². The predicted octanol–water partition coefficient (Wildman–Crippen LogP) is 6.27. The van der Waals surface area contributed by atoms with E-state index < -0.39 is 0 Å². The molecule has 0 unspecified atom stereocenters. The second kappa shape index (κ2) is 14.2. The molecule has 7 heteroatoms. The zero-order chi connectivity index (χ0) is 20.2. The Morgan fingerprint density at radius 2 is 1.34 bits per heavy atom. The summed E-state index contributed by atoms with van der Waals surface area (Å²) in [6.07, 6.45) is 7.82. The molecule has 2 rings (SSSR count). The van der Waals surface area contributed by atoms with E-state index in [-0.39, 0.29) is 24.0 Å². The molecule has 0 bridgehead atoms. The van der Waals surface area contributed by atoms with Gasteiger partial charge in [0.2, 0.25) is 5.96 Å². The van der Waals surface area contributed by atoms with Crippen molar-refractivity contribution in [2.75, 3.05) is 13.1 Å². The van der Waals surface area contributed by atoms with Crippen molar-refractivity contribution in [2.45, 2.75) is 13.8 Å². The van der Waals surface area contributed by atoms with Gasteiger partial charge in [-0.3, -0.25) is 4.99 Å². The first-order chi connectivity index (χ1) is 13.6. The van der Waals surface area contributed by atoms with E-state index in [0.29, 0.717) is 22.5 Å². The number of rotatable bonds is 7. The third-order valence-corrected chi connectivity index (χ3v) is 4.09. The Balaban J connectivity index is 0.00000420. The van der Waals surface area contributed by atoms with Crippen molar-refractivity contribution in [2.24, 2.45) is 10.1 Å². The fourth-order valence-electron chi connectivity index (χ4n) is 2.21. The van der Waals surface area contributed by atoms with Crippen LogP contribution < -0.4 is 10.7 Å². The van der Waals surface area contributed by atoms with Crippen LogP contribution in [-0.2, 0) is 0 Å². The van der Waals surface area contributed by atoms with Gasteiger partial charge in [-0.05, 0) is 61.4 Å². The number of hydrogen-bond acceptors (Lipinski definition) is 2. The number of allylic oxidation sites excluding steroid dienone is 2. The van der Waals surface area contributed by atoms with Gasteiger partial charge in [0.05, 0.1) is 5.71 Å². The molecule has 2 N–H and O–H groups in total. The van der Waals surface area contributed by atoms with Gasteiger partial charge in [-0.1, -0.05) is 59.6 Å². The van der Waals surface area contributed by atoms with Gasteiger partial charge in [0.15, 0.2) is 0 Å². The first-order valence-electron chi connectivity index (χ1n) is 9.10. The Kier molecular flexibility index (Phi) is 12.3. The van der Waals surface area contributed by atoms with Gasteiger partial charge in [-0.25, -0.2) is 5.43 Å². The summed E-state index contributed by atoms with van der Waals surface area (Å²) in [6.45, 7) is 5.42. The second-order valence-corrected chi connectivity index (χ2v) is 6.64. The van der Waals surface area contributed by atoms with Crippen LogP contribution in [0, 0.1) is 0 Å². The fourth-order valence-corrected chi connectivity index (χ4v) is 2.47. The molecule has 29 heavy (non-hydrogen) atoms. The molecule has 2 aromatic rings. The molecule has 0 atom stereocenters. The Hall–Kier alpha value is -1.83. The molecule has 154 valence electrons.